The van der Waals surface area contributed by atoms with Crippen molar-refractivity contribution in [1.29, 1.82) is 0 Å². The second-order valence-electron chi connectivity index (χ2n) is 3.58. The van der Waals surface area contributed by atoms with Gasteiger partial charge in [0.2, 0.25) is 0 Å². The fourth-order valence-electron chi connectivity index (χ4n) is 1.33. The molecule has 82 valence electrons. The maximum Gasteiger partial charge on any atom is 0.324 e. The lowest BCUT2D eigenvalue weighted by atomic mass is 9.89. The summed E-state index contributed by atoms with van der Waals surface area (Å²) in [5.74, 6) is -0.995. The van der Waals surface area contributed by atoms with Gasteiger partial charge in [-0.25, -0.2) is 0 Å². The smallest absolute Gasteiger partial charge is 0.324 e. The first-order chi connectivity index (χ1) is 6.99. The van der Waals surface area contributed by atoms with Crippen molar-refractivity contribution in [2.24, 2.45) is 5.73 Å². The van der Waals surface area contributed by atoms with Gasteiger partial charge in [-0.1, -0.05) is 36.7 Å². The molecule has 15 heavy (non-hydrogen) atoms. The minimum atomic E-state index is -1.23. The fourth-order valence-corrected chi connectivity index (χ4v) is 1.54. The molecular weight excluding hydrogens is 214 g/mol. The lowest BCUT2D eigenvalue weighted by Crippen LogP contribution is -2.49. The molecule has 0 aliphatic carbocycles. The number of halogens is 1. The quantitative estimate of drug-likeness (QED) is 0.828. The van der Waals surface area contributed by atoms with Crippen LogP contribution >= 0.6 is 11.6 Å². The third kappa shape index (κ3) is 2.70. The highest BCUT2D eigenvalue weighted by molar-refractivity contribution is 6.31. The van der Waals surface area contributed by atoms with Crippen LogP contribution in [-0.4, -0.2) is 16.6 Å². The Morgan fingerprint density at radius 1 is 1.53 bits per heavy atom. The zero-order valence-corrected chi connectivity index (χ0v) is 9.29. The van der Waals surface area contributed by atoms with Gasteiger partial charge in [-0.05, 0) is 18.1 Å². The van der Waals surface area contributed by atoms with E-state index in [1.807, 2.05) is 6.07 Å². The summed E-state index contributed by atoms with van der Waals surface area (Å²) in [6.45, 7) is 1.75. The topological polar surface area (TPSA) is 63.3 Å². The van der Waals surface area contributed by atoms with Gasteiger partial charge in [-0.3, -0.25) is 4.79 Å². The molecule has 0 heterocycles. The van der Waals surface area contributed by atoms with Crippen molar-refractivity contribution < 1.29 is 9.90 Å². The average molecular weight is 228 g/mol. The van der Waals surface area contributed by atoms with Gasteiger partial charge >= 0.3 is 5.97 Å². The third-order valence-electron chi connectivity index (χ3n) is 2.52. The van der Waals surface area contributed by atoms with Crippen LogP contribution in [0.15, 0.2) is 24.3 Å². The van der Waals surface area contributed by atoms with E-state index in [-0.39, 0.29) is 6.42 Å². The number of aliphatic carboxylic acids is 1. The average Bonchev–Trinajstić information content (AvgIpc) is 2.21. The van der Waals surface area contributed by atoms with E-state index in [0.717, 1.165) is 5.56 Å². The van der Waals surface area contributed by atoms with Crippen molar-refractivity contribution in [3.8, 4) is 0 Å². The van der Waals surface area contributed by atoms with Crippen LogP contribution in [0.2, 0.25) is 5.02 Å². The van der Waals surface area contributed by atoms with Crippen molar-refractivity contribution in [2.45, 2.75) is 25.3 Å². The summed E-state index contributed by atoms with van der Waals surface area (Å²) >= 11 is 5.94. The van der Waals surface area contributed by atoms with Crippen LogP contribution in [0.1, 0.15) is 18.9 Å². The molecular formula is C11H14ClNO2. The predicted octanol–water partition coefficient (Wildman–Crippen LogP) is 2.07. The predicted molar refractivity (Wildman–Crippen MR) is 60.0 cm³/mol. The normalized spacial score (nSPS) is 14.6. The molecule has 1 atom stereocenters. The van der Waals surface area contributed by atoms with Crippen molar-refractivity contribution >= 4 is 17.6 Å². The number of hydrogen-bond donors (Lipinski definition) is 2. The molecule has 3 N–H and O–H groups in total. The van der Waals surface area contributed by atoms with Crippen LogP contribution in [0, 0.1) is 0 Å². The number of carboxylic acids is 1. The van der Waals surface area contributed by atoms with Crippen LogP contribution in [0.3, 0.4) is 0 Å². The Kier molecular flexibility index (Phi) is 3.72. The summed E-state index contributed by atoms with van der Waals surface area (Å²) < 4.78 is 0. The molecule has 0 spiro atoms. The van der Waals surface area contributed by atoms with Gasteiger partial charge in [0.05, 0.1) is 0 Å². The van der Waals surface area contributed by atoms with Crippen molar-refractivity contribution in [3.05, 3.63) is 34.9 Å². The number of carboxylic acid groups (broad SMARTS) is 1. The molecule has 0 aromatic heterocycles. The Morgan fingerprint density at radius 2 is 2.13 bits per heavy atom. The van der Waals surface area contributed by atoms with Crippen LogP contribution in [0.25, 0.3) is 0 Å². The summed E-state index contributed by atoms with van der Waals surface area (Å²) in [4.78, 5) is 11.0. The second-order valence-corrected chi connectivity index (χ2v) is 3.99. The third-order valence-corrected chi connectivity index (χ3v) is 2.89. The van der Waals surface area contributed by atoms with E-state index in [4.69, 9.17) is 22.4 Å². The Labute approximate surface area is 93.9 Å². The molecule has 1 unspecified atom stereocenters. The van der Waals surface area contributed by atoms with E-state index in [2.05, 4.69) is 0 Å². The summed E-state index contributed by atoms with van der Waals surface area (Å²) in [6, 6.07) is 7.15. The molecule has 0 fully saturated rings. The summed E-state index contributed by atoms with van der Waals surface area (Å²) in [5, 5.41) is 9.57. The second kappa shape index (κ2) is 4.64. The molecule has 0 aliphatic rings. The Hall–Kier alpha value is -1.06. The first kappa shape index (κ1) is 12.0. The molecule has 0 aliphatic heterocycles. The monoisotopic (exact) mass is 227 g/mol. The van der Waals surface area contributed by atoms with Gasteiger partial charge in [0.15, 0.2) is 0 Å². The van der Waals surface area contributed by atoms with Gasteiger partial charge < -0.3 is 10.8 Å². The number of carbonyl (C=O) groups is 1. The Morgan fingerprint density at radius 3 is 2.60 bits per heavy atom. The molecule has 0 saturated carbocycles. The minimum Gasteiger partial charge on any atom is -0.480 e. The van der Waals surface area contributed by atoms with Gasteiger partial charge in [0.25, 0.3) is 0 Å². The molecule has 0 radical (unpaired) electrons. The first-order valence-electron chi connectivity index (χ1n) is 4.75. The van der Waals surface area contributed by atoms with E-state index >= 15 is 0 Å². The number of hydrogen-bond acceptors (Lipinski definition) is 2. The van der Waals surface area contributed by atoms with Crippen molar-refractivity contribution in [1.82, 2.24) is 0 Å². The summed E-state index contributed by atoms with van der Waals surface area (Å²) in [5.41, 5.74) is 5.32. The number of nitrogens with two attached hydrogens (primary N) is 1. The summed E-state index contributed by atoms with van der Waals surface area (Å²) in [6.07, 6.45) is 0.617. The van der Waals surface area contributed by atoms with Crippen LogP contribution in [0.4, 0.5) is 0 Å². The SMILES string of the molecule is CCC(N)(Cc1ccccc1Cl)C(=O)O. The van der Waals surface area contributed by atoms with Gasteiger partial charge in [0.1, 0.15) is 5.54 Å². The maximum atomic E-state index is 11.0. The summed E-state index contributed by atoms with van der Waals surface area (Å²) in [7, 11) is 0. The fraction of sp³-hybridized carbons (Fsp3) is 0.364. The number of rotatable bonds is 4. The first-order valence-corrected chi connectivity index (χ1v) is 5.13. The zero-order chi connectivity index (χ0) is 11.5. The molecule has 0 bridgehead atoms. The van der Waals surface area contributed by atoms with Gasteiger partial charge in [0, 0.05) is 11.4 Å². The lowest BCUT2D eigenvalue weighted by Gasteiger charge is -2.23. The van der Waals surface area contributed by atoms with Crippen molar-refractivity contribution in [3.63, 3.8) is 0 Å². The Balaban J connectivity index is 2.94. The van der Waals surface area contributed by atoms with Gasteiger partial charge in [-0.15, -0.1) is 0 Å². The highest BCUT2D eigenvalue weighted by atomic mass is 35.5. The van der Waals surface area contributed by atoms with Crippen LogP contribution in [-0.2, 0) is 11.2 Å². The Bertz CT molecular complexity index is 367. The van der Waals surface area contributed by atoms with Gasteiger partial charge in [-0.2, -0.15) is 0 Å². The molecule has 3 nitrogen and oxygen atoms in total. The van der Waals surface area contributed by atoms with Crippen LogP contribution < -0.4 is 5.73 Å². The molecule has 0 saturated heterocycles. The molecule has 1 aromatic rings. The van der Waals surface area contributed by atoms with Crippen molar-refractivity contribution in [2.75, 3.05) is 0 Å². The highest BCUT2D eigenvalue weighted by Gasteiger charge is 2.32. The standard InChI is InChI=1S/C11H14ClNO2/c1-2-11(13,10(14)15)7-8-5-3-4-6-9(8)12/h3-6H,2,7,13H2,1H3,(H,14,15). The zero-order valence-electron chi connectivity index (χ0n) is 8.53. The van der Waals surface area contributed by atoms with E-state index in [1.54, 1.807) is 25.1 Å². The van der Waals surface area contributed by atoms with Crippen LogP contribution in [0.5, 0.6) is 0 Å². The lowest BCUT2D eigenvalue weighted by molar-refractivity contribution is -0.143. The van der Waals surface area contributed by atoms with E-state index in [9.17, 15) is 4.79 Å². The molecule has 4 heteroatoms. The molecule has 1 aromatic carbocycles. The molecule has 0 amide bonds. The van der Waals surface area contributed by atoms with E-state index < -0.39 is 11.5 Å². The maximum absolute atomic E-state index is 11.0. The number of benzene rings is 1. The highest BCUT2D eigenvalue weighted by Crippen LogP contribution is 2.21. The minimum absolute atomic E-state index is 0.249. The molecule has 1 rings (SSSR count). The van der Waals surface area contributed by atoms with E-state index in [0.29, 0.717) is 11.4 Å². The largest absolute Gasteiger partial charge is 0.480 e. The van der Waals surface area contributed by atoms with E-state index in [1.165, 1.54) is 0 Å².